The van der Waals surface area contributed by atoms with Crippen LogP contribution in [-0.4, -0.2) is 52.5 Å². The van der Waals surface area contributed by atoms with E-state index < -0.39 is 0 Å². The molecule has 0 bridgehead atoms. The van der Waals surface area contributed by atoms with E-state index in [0.29, 0.717) is 18.2 Å². The van der Waals surface area contributed by atoms with Crippen LogP contribution in [0.1, 0.15) is 49.6 Å². The second-order valence-corrected chi connectivity index (χ2v) is 10.6. The number of nitrogens with zero attached hydrogens (tertiary/aromatic N) is 3. The molecule has 2 aliphatic rings. The van der Waals surface area contributed by atoms with Crippen molar-refractivity contribution in [3.05, 3.63) is 83.6 Å². The van der Waals surface area contributed by atoms with Gasteiger partial charge in [-0.1, -0.05) is 50.2 Å². The number of anilines is 1. The first-order valence-corrected chi connectivity index (χ1v) is 13.6. The first kappa shape index (κ1) is 26.7. The Hall–Kier alpha value is -3.91. The van der Waals surface area contributed by atoms with Crippen LogP contribution in [0.2, 0.25) is 0 Å². The topological polar surface area (TPSA) is 84.0 Å². The first-order valence-electron chi connectivity index (χ1n) is 13.6. The Morgan fingerprint density at radius 3 is 2.44 bits per heavy atom. The van der Waals surface area contributed by atoms with Gasteiger partial charge >= 0.3 is 6.09 Å². The molecule has 8 nitrogen and oxygen atoms in total. The highest BCUT2D eigenvalue weighted by atomic mass is 16.6. The zero-order chi connectivity index (χ0) is 27.4. The molecule has 0 saturated carbocycles. The smallest absolute Gasteiger partial charge is 0.410 e. The van der Waals surface area contributed by atoms with E-state index in [9.17, 15) is 9.59 Å². The number of pyridine rings is 1. The Kier molecular flexibility index (Phi) is 8.12. The highest BCUT2D eigenvalue weighted by Crippen LogP contribution is 2.33. The lowest BCUT2D eigenvalue weighted by atomic mass is 9.98. The molecule has 204 valence electrons. The summed E-state index contributed by atoms with van der Waals surface area (Å²) in [5, 5.41) is 2.88. The summed E-state index contributed by atoms with van der Waals surface area (Å²) in [6.07, 6.45) is 1.63. The molecule has 2 amide bonds. The zero-order valence-electron chi connectivity index (χ0n) is 22.8. The van der Waals surface area contributed by atoms with Gasteiger partial charge in [0.25, 0.3) is 0 Å². The van der Waals surface area contributed by atoms with Gasteiger partial charge in [0.15, 0.2) is 0 Å². The van der Waals surface area contributed by atoms with Gasteiger partial charge in [-0.15, -0.1) is 0 Å². The Bertz CT molecular complexity index is 1290. The van der Waals surface area contributed by atoms with Crippen LogP contribution in [0.5, 0.6) is 11.6 Å². The molecular weight excluding hydrogens is 492 g/mol. The summed E-state index contributed by atoms with van der Waals surface area (Å²) in [6.45, 7) is 8.77. The molecule has 0 spiro atoms. The number of cyclic esters (lactones) is 1. The van der Waals surface area contributed by atoms with E-state index in [4.69, 9.17) is 9.47 Å². The fraction of sp³-hybridized carbons (Fsp3) is 0.387. The third kappa shape index (κ3) is 6.40. The van der Waals surface area contributed by atoms with Crippen molar-refractivity contribution in [1.29, 1.82) is 0 Å². The third-order valence-electron chi connectivity index (χ3n) is 7.48. The van der Waals surface area contributed by atoms with Crippen LogP contribution in [-0.2, 0) is 16.1 Å². The molecule has 2 fully saturated rings. The maximum Gasteiger partial charge on any atom is 0.410 e. The molecule has 5 rings (SSSR count). The quantitative estimate of drug-likeness (QED) is 0.390. The highest BCUT2D eigenvalue weighted by molar-refractivity contribution is 5.92. The molecule has 2 aromatic carbocycles. The predicted octanol–water partition coefficient (Wildman–Crippen LogP) is 5.93. The van der Waals surface area contributed by atoms with Crippen LogP contribution >= 0.6 is 0 Å². The minimum atomic E-state index is -0.201. The molecule has 8 heteroatoms. The number of piperidine rings is 1. The molecule has 1 atom stereocenters. The van der Waals surface area contributed by atoms with Crippen molar-refractivity contribution in [2.45, 2.75) is 52.2 Å². The number of carbonyl (C=O) groups is 2. The average molecular weight is 529 g/mol. The number of aryl methyl sites for hydroxylation is 1. The fourth-order valence-corrected chi connectivity index (χ4v) is 5.17. The van der Waals surface area contributed by atoms with E-state index in [1.54, 1.807) is 0 Å². The van der Waals surface area contributed by atoms with Gasteiger partial charge in [0, 0.05) is 49.0 Å². The van der Waals surface area contributed by atoms with E-state index in [1.807, 2.05) is 74.2 Å². The van der Waals surface area contributed by atoms with Gasteiger partial charge in [0.1, 0.15) is 12.4 Å². The molecule has 0 radical (unpaired) electrons. The Labute approximate surface area is 229 Å². The summed E-state index contributed by atoms with van der Waals surface area (Å²) in [7, 11) is 0. The van der Waals surface area contributed by atoms with Crippen LogP contribution in [0.4, 0.5) is 10.5 Å². The molecule has 1 N–H and O–H groups in total. The van der Waals surface area contributed by atoms with Gasteiger partial charge in [-0.25, -0.2) is 9.78 Å². The minimum absolute atomic E-state index is 0.00997. The second-order valence-electron chi connectivity index (χ2n) is 10.6. The van der Waals surface area contributed by atoms with Gasteiger partial charge < -0.3 is 14.8 Å². The number of amides is 2. The number of aromatic nitrogens is 1. The van der Waals surface area contributed by atoms with Crippen LogP contribution in [0.25, 0.3) is 0 Å². The van der Waals surface area contributed by atoms with Gasteiger partial charge in [0.05, 0.1) is 6.04 Å². The van der Waals surface area contributed by atoms with Crippen molar-refractivity contribution < 1.29 is 19.1 Å². The zero-order valence-corrected chi connectivity index (χ0v) is 22.8. The average Bonchev–Trinajstić information content (AvgIpc) is 3.33. The van der Waals surface area contributed by atoms with Gasteiger partial charge in [-0.2, -0.15) is 0 Å². The molecule has 2 aliphatic heterocycles. The normalized spacial score (nSPS) is 18.3. The summed E-state index contributed by atoms with van der Waals surface area (Å²) in [5.41, 5.74) is 3.96. The Morgan fingerprint density at radius 2 is 1.77 bits per heavy atom. The van der Waals surface area contributed by atoms with Crippen molar-refractivity contribution in [2.75, 3.05) is 25.0 Å². The highest BCUT2D eigenvalue weighted by Gasteiger charge is 2.40. The van der Waals surface area contributed by atoms with E-state index in [1.165, 1.54) is 0 Å². The van der Waals surface area contributed by atoms with Crippen molar-refractivity contribution in [2.24, 2.45) is 5.92 Å². The number of rotatable bonds is 8. The van der Waals surface area contributed by atoms with Crippen LogP contribution in [0.3, 0.4) is 0 Å². The first-order chi connectivity index (χ1) is 18.9. The van der Waals surface area contributed by atoms with E-state index in [0.717, 1.165) is 55.0 Å². The lowest BCUT2D eigenvalue weighted by molar-refractivity contribution is -0.118. The largest absolute Gasteiger partial charge is 0.447 e. The number of hydrogen-bond donors (Lipinski definition) is 1. The monoisotopic (exact) mass is 528 g/mol. The van der Waals surface area contributed by atoms with Gasteiger partial charge in [0.2, 0.25) is 11.8 Å². The summed E-state index contributed by atoms with van der Waals surface area (Å²) < 4.78 is 11.4. The number of nitrogens with one attached hydrogen (secondary N) is 1. The summed E-state index contributed by atoms with van der Waals surface area (Å²) in [6, 6.07) is 21.6. The van der Waals surface area contributed by atoms with Gasteiger partial charge in [-0.05, 0) is 55.2 Å². The van der Waals surface area contributed by atoms with E-state index >= 15 is 0 Å². The second kappa shape index (κ2) is 11.9. The summed E-state index contributed by atoms with van der Waals surface area (Å²) >= 11 is 0. The molecule has 3 heterocycles. The number of ether oxygens (including phenoxy) is 2. The molecule has 39 heavy (non-hydrogen) atoms. The van der Waals surface area contributed by atoms with E-state index in [2.05, 4.69) is 33.4 Å². The number of carbonyl (C=O) groups excluding carboxylic acids is 2. The number of likely N-dealkylation sites (tertiary alicyclic amines) is 1. The fourth-order valence-electron chi connectivity index (χ4n) is 5.17. The molecule has 3 aromatic rings. The van der Waals surface area contributed by atoms with Crippen molar-refractivity contribution in [1.82, 2.24) is 14.8 Å². The van der Waals surface area contributed by atoms with Gasteiger partial charge in [-0.3, -0.25) is 14.6 Å². The molecular formula is C31H36N4O4. The lowest BCUT2D eigenvalue weighted by Gasteiger charge is -2.38. The Morgan fingerprint density at radius 1 is 1.05 bits per heavy atom. The lowest BCUT2D eigenvalue weighted by Crippen LogP contribution is -2.46. The molecule has 0 aliphatic carbocycles. The maximum absolute atomic E-state index is 12.6. The van der Waals surface area contributed by atoms with E-state index in [-0.39, 0.29) is 30.0 Å². The third-order valence-corrected chi connectivity index (χ3v) is 7.48. The number of benzene rings is 2. The molecule has 2 saturated heterocycles. The van der Waals surface area contributed by atoms with Crippen LogP contribution in [0.15, 0.2) is 66.7 Å². The summed E-state index contributed by atoms with van der Waals surface area (Å²) in [4.78, 5) is 33.5. The molecule has 1 unspecified atom stereocenters. The number of hydrogen-bond acceptors (Lipinski definition) is 6. The van der Waals surface area contributed by atoms with Crippen molar-refractivity contribution in [3.63, 3.8) is 0 Å². The van der Waals surface area contributed by atoms with Crippen molar-refractivity contribution in [3.8, 4) is 11.6 Å². The predicted molar refractivity (Wildman–Crippen MR) is 150 cm³/mol. The van der Waals surface area contributed by atoms with Crippen LogP contribution in [0, 0.1) is 12.8 Å². The van der Waals surface area contributed by atoms with Crippen molar-refractivity contribution >= 4 is 17.7 Å². The summed E-state index contributed by atoms with van der Waals surface area (Å²) in [5.74, 6) is 1.10. The standard InChI is InChI=1S/C31H36N4O4/c1-21(2)30(36)33-25-10-12-27(13-11-25)39-29-14-9-24(22(3)32-29)19-34-17-15-26(16-18-34)35-28(20-38-31(35)37)23-7-5-4-6-8-23/h4-14,21,26,28H,15-20H2,1-3H3,(H,33,36). The maximum atomic E-state index is 12.6. The van der Waals surface area contributed by atoms with Crippen LogP contribution < -0.4 is 10.1 Å². The Balaban J connectivity index is 1.14. The SMILES string of the molecule is Cc1nc(Oc2ccc(NC(=O)C(C)C)cc2)ccc1CN1CCC(N2C(=O)OCC2c2ccccc2)CC1. The molecule has 1 aromatic heterocycles. The minimum Gasteiger partial charge on any atom is -0.447 e.